The van der Waals surface area contributed by atoms with E-state index in [1.165, 1.54) is 0 Å². The third-order valence-electron chi connectivity index (χ3n) is 3.57. The first-order valence-corrected chi connectivity index (χ1v) is 6.62. The van der Waals surface area contributed by atoms with Gasteiger partial charge in [0.15, 0.2) is 0 Å². The highest BCUT2D eigenvalue weighted by Crippen LogP contribution is 2.28. The van der Waals surface area contributed by atoms with Gasteiger partial charge in [0.1, 0.15) is 0 Å². The van der Waals surface area contributed by atoms with Crippen molar-refractivity contribution in [1.82, 2.24) is 9.78 Å². The van der Waals surface area contributed by atoms with Crippen molar-refractivity contribution in [2.75, 3.05) is 31.2 Å². The number of rotatable bonds is 3. The normalized spacial score (nSPS) is 16.3. The first-order valence-electron chi connectivity index (χ1n) is 6.62. The molecule has 0 atom stereocenters. The maximum Gasteiger partial charge on any atom is 0.333 e. The molecule has 1 aromatic carbocycles. The Morgan fingerprint density at radius 2 is 2.05 bits per heavy atom. The number of alkyl halides is 2. The highest BCUT2D eigenvalue weighted by atomic mass is 19.3. The summed E-state index contributed by atoms with van der Waals surface area (Å²) in [6, 6.07) is 5.58. The molecule has 0 N–H and O–H groups in total. The molecule has 4 nitrogen and oxygen atoms in total. The van der Waals surface area contributed by atoms with Crippen LogP contribution in [-0.2, 0) is 11.2 Å². The fourth-order valence-corrected chi connectivity index (χ4v) is 2.54. The SMILES string of the molecule is [CH2]Cc1nn(C(F)F)c2cc(N3CCOCC3)ccc12. The first-order chi connectivity index (χ1) is 9.70. The van der Waals surface area contributed by atoms with Crippen LogP contribution in [0.15, 0.2) is 18.2 Å². The van der Waals surface area contributed by atoms with Gasteiger partial charge in [0.2, 0.25) is 0 Å². The molecule has 0 saturated carbocycles. The average molecular weight is 280 g/mol. The molecule has 6 heteroatoms. The molecule has 3 rings (SSSR count). The molecule has 2 heterocycles. The van der Waals surface area contributed by atoms with E-state index in [0.717, 1.165) is 28.8 Å². The second-order valence-corrected chi connectivity index (χ2v) is 4.72. The van der Waals surface area contributed by atoms with Crippen LogP contribution >= 0.6 is 0 Å². The Hall–Kier alpha value is -1.69. The number of morpholine rings is 1. The Bertz CT molecular complexity index is 606. The van der Waals surface area contributed by atoms with Gasteiger partial charge in [-0.05, 0) is 31.5 Å². The van der Waals surface area contributed by atoms with Crippen LogP contribution in [0, 0.1) is 6.92 Å². The van der Waals surface area contributed by atoms with Crippen LogP contribution in [-0.4, -0.2) is 36.1 Å². The molecule has 1 aromatic heterocycles. The van der Waals surface area contributed by atoms with E-state index in [0.29, 0.717) is 30.8 Å². The molecule has 1 radical (unpaired) electrons. The number of anilines is 1. The summed E-state index contributed by atoms with van der Waals surface area (Å²) in [5.41, 5.74) is 2.00. The first kappa shape index (κ1) is 13.3. The van der Waals surface area contributed by atoms with Crippen molar-refractivity contribution in [3.63, 3.8) is 0 Å². The monoisotopic (exact) mass is 280 g/mol. The number of hydrogen-bond acceptors (Lipinski definition) is 3. The van der Waals surface area contributed by atoms with Gasteiger partial charge in [0.25, 0.3) is 0 Å². The van der Waals surface area contributed by atoms with E-state index in [9.17, 15) is 8.78 Å². The lowest BCUT2D eigenvalue weighted by atomic mass is 10.1. The molecule has 1 aliphatic heterocycles. The van der Waals surface area contributed by atoms with Crippen LogP contribution < -0.4 is 4.90 Å². The maximum absolute atomic E-state index is 13.1. The van der Waals surface area contributed by atoms with Crippen LogP contribution in [0.1, 0.15) is 12.2 Å². The van der Waals surface area contributed by atoms with Crippen molar-refractivity contribution < 1.29 is 13.5 Å². The minimum Gasteiger partial charge on any atom is -0.378 e. The Labute approximate surface area is 115 Å². The number of nitrogens with zero attached hydrogens (tertiary/aromatic N) is 3. The Morgan fingerprint density at radius 1 is 1.30 bits per heavy atom. The number of ether oxygens (including phenoxy) is 1. The zero-order valence-electron chi connectivity index (χ0n) is 11.1. The molecule has 0 spiro atoms. The largest absolute Gasteiger partial charge is 0.378 e. The highest BCUT2D eigenvalue weighted by Gasteiger charge is 2.18. The van der Waals surface area contributed by atoms with Gasteiger partial charge in [-0.15, -0.1) is 0 Å². The quantitative estimate of drug-likeness (QED) is 0.866. The number of aromatic nitrogens is 2. The van der Waals surface area contributed by atoms with Gasteiger partial charge in [0.05, 0.1) is 24.4 Å². The molecule has 20 heavy (non-hydrogen) atoms. The molecular weight excluding hydrogens is 264 g/mol. The lowest BCUT2D eigenvalue weighted by molar-refractivity contribution is 0.0611. The molecule has 1 aliphatic rings. The Kier molecular flexibility index (Phi) is 3.56. The predicted molar refractivity (Wildman–Crippen MR) is 73.1 cm³/mol. The fourth-order valence-electron chi connectivity index (χ4n) is 2.54. The van der Waals surface area contributed by atoms with Crippen LogP contribution in [0.3, 0.4) is 0 Å². The van der Waals surface area contributed by atoms with E-state index in [-0.39, 0.29) is 0 Å². The molecule has 2 aromatic rings. The standard InChI is InChI=1S/C14H16F2N3O/c1-2-12-11-4-3-10(18-5-7-20-8-6-18)9-13(11)19(17-12)14(15)16/h3-4,9,14H,1-2,5-8H2. The minimum absolute atomic E-state index is 0.396. The zero-order chi connectivity index (χ0) is 14.1. The molecule has 1 saturated heterocycles. The van der Waals surface area contributed by atoms with Gasteiger partial charge in [-0.25, -0.2) is 4.68 Å². The van der Waals surface area contributed by atoms with E-state index in [4.69, 9.17) is 4.74 Å². The van der Waals surface area contributed by atoms with Gasteiger partial charge in [-0.3, -0.25) is 0 Å². The minimum atomic E-state index is -2.64. The lowest BCUT2D eigenvalue weighted by Crippen LogP contribution is -2.36. The van der Waals surface area contributed by atoms with Crippen LogP contribution in [0.5, 0.6) is 0 Å². The fraction of sp³-hybridized carbons (Fsp3) is 0.429. The molecule has 0 bridgehead atoms. The summed E-state index contributed by atoms with van der Waals surface area (Å²) in [5, 5.41) is 4.70. The van der Waals surface area contributed by atoms with Crippen molar-refractivity contribution in [3.8, 4) is 0 Å². The van der Waals surface area contributed by atoms with Crippen molar-refractivity contribution in [3.05, 3.63) is 30.8 Å². The smallest absolute Gasteiger partial charge is 0.333 e. The summed E-state index contributed by atoms with van der Waals surface area (Å²) in [6.45, 7) is 3.98. The summed E-state index contributed by atoms with van der Waals surface area (Å²) in [7, 11) is 0. The summed E-state index contributed by atoms with van der Waals surface area (Å²) < 4.78 is 32.2. The lowest BCUT2D eigenvalue weighted by Gasteiger charge is -2.28. The summed E-state index contributed by atoms with van der Waals surface area (Å²) in [4.78, 5) is 2.13. The van der Waals surface area contributed by atoms with Crippen LogP contribution in [0.2, 0.25) is 0 Å². The highest BCUT2D eigenvalue weighted by molar-refractivity contribution is 5.85. The predicted octanol–water partition coefficient (Wildman–Crippen LogP) is 2.64. The molecule has 0 unspecified atom stereocenters. The van der Waals surface area contributed by atoms with Gasteiger partial charge >= 0.3 is 6.55 Å². The van der Waals surface area contributed by atoms with Gasteiger partial charge in [-0.2, -0.15) is 13.9 Å². The molecule has 0 amide bonds. The van der Waals surface area contributed by atoms with Crippen molar-refractivity contribution >= 4 is 16.6 Å². The summed E-state index contributed by atoms with van der Waals surface area (Å²) in [5.74, 6) is 0. The van der Waals surface area contributed by atoms with Crippen molar-refractivity contribution in [2.45, 2.75) is 13.0 Å². The number of halogens is 2. The second kappa shape index (κ2) is 5.36. The molecule has 107 valence electrons. The van der Waals surface area contributed by atoms with E-state index in [1.54, 1.807) is 6.07 Å². The summed E-state index contributed by atoms with van der Waals surface area (Å²) >= 11 is 0. The number of fused-ring (bicyclic) bond motifs is 1. The van der Waals surface area contributed by atoms with E-state index in [1.807, 2.05) is 12.1 Å². The Morgan fingerprint density at radius 3 is 2.70 bits per heavy atom. The van der Waals surface area contributed by atoms with Crippen LogP contribution in [0.4, 0.5) is 14.5 Å². The third-order valence-corrected chi connectivity index (χ3v) is 3.57. The number of hydrogen-bond donors (Lipinski definition) is 0. The van der Waals surface area contributed by atoms with E-state index in [2.05, 4.69) is 16.9 Å². The van der Waals surface area contributed by atoms with E-state index < -0.39 is 6.55 Å². The third kappa shape index (κ3) is 2.24. The van der Waals surface area contributed by atoms with E-state index >= 15 is 0 Å². The maximum atomic E-state index is 13.1. The van der Waals surface area contributed by atoms with Gasteiger partial charge in [-0.1, -0.05) is 0 Å². The van der Waals surface area contributed by atoms with Gasteiger partial charge < -0.3 is 9.64 Å². The topological polar surface area (TPSA) is 30.3 Å². The molecule has 0 aliphatic carbocycles. The van der Waals surface area contributed by atoms with Gasteiger partial charge in [0, 0.05) is 24.2 Å². The average Bonchev–Trinajstić information content (AvgIpc) is 2.86. The zero-order valence-corrected chi connectivity index (χ0v) is 11.1. The molecular formula is C14H16F2N3O. The van der Waals surface area contributed by atoms with Crippen molar-refractivity contribution in [2.24, 2.45) is 0 Å². The van der Waals surface area contributed by atoms with Crippen molar-refractivity contribution in [1.29, 1.82) is 0 Å². The summed E-state index contributed by atoms with van der Waals surface area (Å²) in [6.07, 6.45) is 0.396. The number of benzene rings is 1. The Balaban J connectivity index is 2.06. The molecule has 1 fully saturated rings. The second-order valence-electron chi connectivity index (χ2n) is 4.72. The van der Waals surface area contributed by atoms with Crippen LogP contribution in [0.25, 0.3) is 10.9 Å².